The minimum Gasteiger partial charge on any atom is -0.477 e. The number of likely N-dealkylation sites (N-methyl/N-ethyl adjacent to an activating group) is 1. The molecule has 0 saturated carbocycles. The highest BCUT2D eigenvalue weighted by atomic mass is 16.7. The number of esters is 2. The van der Waals surface area contributed by atoms with E-state index in [2.05, 4.69) is 74.6 Å². The minimum absolute atomic E-state index is 0.178. The van der Waals surface area contributed by atoms with Crippen LogP contribution in [-0.2, 0) is 33.3 Å². The van der Waals surface area contributed by atoms with Crippen molar-refractivity contribution in [2.24, 2.45) is 0 Å². The summed E-state index contributed by atoms with van der Waals surface area (Å²) in [5, 5.41) is 9.76. The first-order valence-corrected chi connectivity index (χ1v) is 38.5. The molecule has 0 saturated heterocycles. The van der Waals surface area contributed by atoms with Crippen LogP contribution in [0.4, 0.5) is 0 Å². The number of ether oxygens (including phenoxy) is 4. The number of carboxylic acid groups (broad SMARTS) is 1. The zero-order chi connectivity index (χ0) is 64.7. The van der Waals surface area contributed by atoms with Gasteiger partial charge in [-0.1, -0.05) is 338 Å². The van der Waals surface area contributed by atoms with E-state index in [9.17, 15) is 19.5 Å². The molecule has 0 aromatic rings. The van der Waals surface area contributed by atoms with Crippen molar-refractivity contribution >= 4 is 17.9 Å². The van der Waals surface area contributed by atoms with Crippen LogP contribution in [0.3, 0.4) is 0 Å². The molecular weight excluding hydrogens is 1100 g/mol. The maximum absolute atomic E-state index is 13.0. The third kappa shape index (κ3) is 72.3. The number of unbranched alkanes of at least 4 members (excludes halogenated alkanes) is 47. The lowest BCUT2D eigenvalue weighted by atomic mass is 10.0. The largest absolute Gasteiger partial charge is 0.477 e. The number of carbonyl (C=O) groups excluding carboxylic acids is 2. The van der Waals surface area contributed by atoms with Crippen LogP contribution in [0.2, 0.25) is 0 Å². The topological polar surface area (TPSA) is 108 Å². The van der Waals surface area contributed by atoms with Crippen LogP contribution >= 0.6 is 0 Å². The van der Waals surface area contributed by atoms with Crippen molar-refractivity contribution in [3.8, 4) is 0 Å². The molecule has 0 aromatic heterocycles. The number of aliphatic carboxylic acids is 1. The van der Waals surface area contributed by atoms with Crippen molar-refractivity contribution in [3.05, 3.63) is 60.8 Å². The molecule has 9 heteroatoms. The predicted molar refractivity (Wildman–Crippen MR) is 383 cm³/mol. The Balaban J connectivity index is 4.00. The summed E-state index contributed by atoms with van der Waals surface area (Å²) in [6, 6.07) is 0. The summed E-state index contributed by atoms with van der Waals surface area (Å²) in [7, 11) is 5.99. The number of carbonyl (C=O) groups is 3. The Kier molecular flexibility index (Phi) is 68.5. The first-order chi connectivity index (χ1) is 43.6. The molecule has 2 atom stereocenters. The maximum atomic E-state index is 13.0. The second-order valence-electron chi connectivity index (χ2n) is 27.3. The van der Waals surface area contributed by atoms with Crippen molar-refractivity contribution in [1.82, 2.24) is 0 Å². The molecule has 0 radical (unpaired) electrons. The van der Waals surface area contributed by atoms with Crippen LogP contribution in [0, 0.1) is 0 Å². The Morgan fingerprint density at radius 2 is 0.607 bits per heavy atom. The van der Waals surface area contributed by atoms with Crippen LogP contribution in [0.15, 0.2) is 60.8 Å². The lowest BCUT2D eigenvalue weighted by Crippen LogP contribution is -2.40. The summed E-state index contributed by atoms with van der Waals surface area (Å²) in [6.45, 7) is 4.91. The second-order valence-corrected chi connectivity index (χ2v) is 27.3. The number of nitrogens with zero attached hydrogens (tertiary/aromatic N) is 1. The Hall–Kier alpha value is -3.01. The standard InChI is InChI=1S/C80H147NO8/c1-6-8-10-12-14-16-18-20-22-24-26-28-30-32-34-35-36-37-38-39-40-41-42-43-45-47-49-51-53-55-57-59-61-63-65-67-69-71-78(83)89-76(75-88-80(79(84)85)86-73-72-81(3,4)5)74-87-77(82)70-68-66-64-62-60-58-56-54-52-50-48-46-44-33-31-29-27-25-23-21-19-17-15-13-11-9-7-2/h18-21,24-27,30,32,76,80H,6-17,22-23,28-29,31,33-75H2,1-5H3/p+1/b20-18-,21-19-,26-24-,27-25-,32-30-. The average molecular weight is 1250 g/mol. The maximum Gasteiger partial charge on any atom is 0.361 e. The van der Waals surface area contributed by atoms with Crippen molar-refractivity contribution in [1.29, 1.82) is 0 Å². The summed E-state index contributed by atoms with van der Waals surface area (Å²) in [4.78, 5) is 37.7. The van der Waals surface area contributed by atoms with E-state index in [-0.39, 0.29) is 38.2 Å². The normalized spacial score (nSPS) is 13.0. The molecule has 9 nitrogen and oxygen atoms in total. The van der Waals surface area contributed by atoms with Crippen molar-refractivity contribution < 1.29 is 42.9 Å². The molecule has 0 aliphatic heterocycles. The molecule has 0 fully saturated rings. The molecule has 0 aliphatic rings. The Morgan fingerprint density at radius 3 is 0.899 bits per heavy atom. The third-order valence-electron chi connectivity index (χ3n) is 17.2. The predicted octanol–water partition coefficient (Wildman–Crippen LogP) is 24.3. The van der Waals surface area contributed by atoms with E-state index < -0.39 is 18.4 Å². The van der Waals surface area contributed by atoms with E-state index in [0.29, 0.717) is 17.4 Å². The lowest BCUT2D eigenvalue weighted by molar-refractivity contribution is -0.870. The van der Waals surface area contributed by atoms with E-state index in [0.717, 1.165) is 57.8 Å². The third-order valence-corrected chi connectivity index (χ3v) is 17.2. The van der Waals surface area contributed by atoms with E-state index >= 15 is 0 Å². The summed E-state index contributed by atoms with van der Waals surface area (Å²) in [5.41, 5.74) is 0. The molecule has 0 spiro atoms. The van der Waals surface area contributed by atoms with E-state index in [1.807, 2.05) is 21.1 Å². The van der Waals surface area contributed by atoms with E-state index in [1.54, 1.807) is 0 Å². The highest BCUT2D eigenvalue weighted by Crippen LogP contribution is 2.19. The van der Waals surface area contributed by atoms with Gasteiger partial charge in [-0.25, -0.2) is 4.79 Å². The fourth-order valence-electron chi connectivity index (χ4n) is 11.4. The number of hydrogen-bond acceptors (Lipinski definition) is 7. The van der Waals surface area contributed by atoms with E-state index in [4.69, 9.17) is 18.9 Å². The van der Waals surface area contributed by atoms with Gasteiger partial charge in [-0.15, -0.1) is 0 Å². The highest BCUT2D eigenvalue weighted by Gasteiger charge is 2.25. The van der Waals surface area contributed by atoms with Gasteiger partial charge in [-0.05, 0) is 83.5 Å². The van der Waals surface area contributed by atoms with E-state index in [1.165, 1.54) is 289 Å². The monoisotopic (exact) mass is 1250 g/mol. The molecule has 89 heavy (non-hydrogen) atoms. The lowest BCUT2D eigenvalue weighted by Gasteiger charge is -2.25. The molecule has 0 rings (SSSR count). The molecular formula is C80H148NO8+. The molecule has 0 bridgehead atoms. The van der Waals surface area contributed by atoms with Crippen LogP contribution in [0.1, 0.15) is 373 Å². The van der Waals surface area contributed by atoms with Crippen LogP contribution < -0.4 is 0 Å². The highest BCUT2D eigenvalue weighted by molar-refractivity contribution is 5.71. The molecule has 1 N–H and O–H groups in total. The smallest absolute Gasteiger partial charge is 0.361 e. The number of quaternary nitrogens is 1. The molecule has 520 valence electrons. The molecule has 0 aromatic carbocycles. The fourth-order valence-corrected chi connectivity index (χ4v) is 11.4. The van der Waals surface area contributed by atoms with Gasteiger partial charge in [0.1, 0.15) is 13.2 Å². The first kappa shape index (κ1) is 86.0. The van der Waals surface area contributed by atoms with Gasteiger partial charge < -0.3 is 28.5 Å². The average Bonchev–Trinajstić information content (AvgIpc) is 3.70. The first-order valence-electron chi connectivity index (χ1n) is 38.5. The molecule has 0 heterocycles. The Bertz CT molecular complexity index is 1650. The number of rotatable bonds is 72. The summed E-state index contributed by atoms with van der Waals surface area (Å²) in [6.07, 6.45) is 90.7. The molecule has 2 unspecified atom stereocenters. The summed E-state index contributed by atoms with van der Waals surface area (Å²) in [5.74, 6) is -1.98. The van der Waals surface area contributed by atoms with Gasteiger partial charge in [-0.3, -0.25) is 9.59 Å². The Labute approximate surface area is 552 Å². The van der Waals surface area contributed by atoms with Gasteiger partial charge in [0.25, 0.3) is 6.29 Å². The zero-order valence-corrected chi connectivity index (χ0v) is 59.6. The molecule has 0 amide bonds. The van der Waals surface area contributed by atoms with Gasteiger partial charge in [0, 0.05) is 12.8 Å². The van der Waals surface area contributed by atoms with Crippen LogP contribution in [-0.4, -0.2) is 87.4 Å². The quantitative estimate of drug-likeness (QED) is 0.0211. The van der Waals surface area contributed by atoms with Crippen molar-refractivity contribution in [3.63, 3.8) is 0 Å². The SMILES string of the molecule is CCCCCCC/C=C\C/C=C\C/C=C\CCCCCCCCCCCCCCCCCCCCCCCCC(=O)OC(COC(=O)CCCCCCCCCCCCCCCCC/C=C\C/C=C\CCCCCCC)COC(OCC[N+](C)(C)C)C(=O)O. The fraction of sp³-hybridized carbons (Fsp3) is 0.838. The number of hydrogen-bond donors (Lipinski definition) is 1. The Morgan fingerprint density at radius 1 is 0.337 bits per heavy atom. The van der Waals surface area contributed by atoms with Gasteiger partial charge >= 0.3 is 17.9 Å². The molecule has 0 aliphatic carbocycles. The van der Waals surface area contributed by atoms with Gasteiger partial charge in [-0.2, -0.15) is 0 Å². The minimum atomic E-state index is -1.51. The van der Waals surface area contributed by atoms with Gasteiger partial charge in [0.05, 0.1) is 34.4 Å². The van der Waals surface area contributed by atoms with Crippen molar-refractivity contribution in [2.45, 2.75) is 386 Å². The van der Waals surface area contributed by atoms with Gasteiger partial charge in [0.15, 0.2) is 6.10 Å². The number of carboxylic acids is 1. The number of allylic oxidation sites excluding steroid dienone is 10. The zero-order valence-electron chi connectivity index (χ0n) is 59.6. The second kappa shape index (κ2) is 70.9. The van der Waals surface area contributed by atoms with Crippen LogP contribution in [0.5, 0.6) is 0 Å². The van der Waals surface area contributed by atoms with Gasteiger partial charge in [0.2, 0.25) is 0 Å². The summed E-state index contributed by atoms with van der Waals surface area (Å²) >= 11 is 0. The summed E-state index contributed by atoms with van der Waals surface area (Å²) < 4.78 is 23.0. The van der Waals surface area contributed by atoms with Crippen molar-refractivity contribution in [2.75, 3.05) is 47.5 Å². The van der Waals surface area contributed by atoms with Crippen LogP contribution in [0.25, 0.3) is 0 Å².